The Bertz CT molecular complexity index is 655. The van der Waals surface area contributed by atoms with E-state index >= 15 is 0 Å². The molecule has 0 saturated carbocycles. The van der Waals surface area contributed by atoms with Crippen LogP contribution in [-0.2, 0) is 18.4 Å². The molecule has 22 heavy (non-hydrogen) atoms. The molecule has 8 heteroatoms. The van der Waals surface area contributed by atoms with Gasteiger partial charge in [-0.2, -0.15) is 5.10 Å². The standard InChI is InChI=1S/C14H20N6OS/c1-5-7-15-12(21)9-22-14-17-16-13(20(14)6-2)11-8-10(3)19(4)18-11/h5,8H,1,6-7,9H2,2-4H3,(H,15,21). The smallest absolute Gasteiger partial charge is 0.230 e. The van der Waals surface area contributed by atoms with E-state index in [2.05, 4.69) is 27.2 Å². The summed E-state index contributed by atoms with van der Waals surface area (Å²) in [5.74, 6) is 0.971. The van der Waals surface area contributed by atoms with Crippen molar-refractivity contribution in [2.45, 2.75) is 25.5 Å². The Morgan fingerprint density at radius 1 is 1.50 bits per heavy atom. The fraction of sp³-hybridized carbons (Fsp3) is 0.429. The number of hydrogen-bond donors (Lipinski definition) is 1. The van der Waals surface area contributed by atoms with Crippen LogP contribution in [0.25, 0.3) is 11.5 Å². The van der Waals surface area contributed by atoms with Gasteiger partial charge in [0, 0.05) is 25.8 Å². The highest BCUT2D eigenvalue weighted by atomic mass is 32.2. The number of rotatable bonds is 7. The van der Waals surface area contributed by atoms with Crippen LogP contribution in [0.4, 0.5) is 0 Å². The van der Waals surface area contributed by atoms with Crippen molar-refractivity contribution < 1.29 is 4.79 Å². The van der Waals surface area contributed by atoms with Gasteiger partial charge in [0.1, 0.15) is 5.69 Å². The van der Waals surface area contributed by atoms with Gasteiger partial charge < -0.3 is 9.88 Å². The maximum atomic E-state index is 11.6. The van der Waals surface area contributed by atoms with Crippen LogP contribution in [0.5, 0.6) is 0 Å². The van der Waals surface area contributed by atoms with Crippen molar-refractivity contribution in [2.24, 2.45) is 7.05 Å². The molecule has 0 atom stereocenters. The van der Waals surface area contributed by atoms with Crippen molar-refractivity contribution in [3.05, 3.63) is 24.4 Å². The zero-order chi connectivity index (χ0) is 16.1. The molecule has 0 spiro atoms. The van der Waals surface area contributed by atoms with Gasteiger partial charge >= 0.3 is 0 Å². The summed E-state index contributed by atoms with van der Waals surface area (Å²) >= 11 is 1.37. The average Bonchev–Trinajstić information content (AvgIpc) is 3.06. The zero-order valence-corrected chi connectivity index (χ0v) is 13.9. The lowest BCUT2D eigenvalue weighted by molar-refractivity contribution is -0.118. The van der Waals surface area contributed by atoms with Gasteiger partial charge in [0.15, 0.2) is 11.0 Å². The fourth-order valence-electron chi connectivity index (χ4n) is 1.91. The quantitative estimate of drug-likeness (QED) is 0.616. The van der Waals surface area contributed by atoms with Gasteiger partial charge in [0.25, 0.3) is 0 Å². The fourth-order valence-corrected chi connectivity index (χ4v) is 2.74. The number of nitrogens with one attached hydrogen (secondary N) is 1. The number of nitrogens with zero attached hydrogens (tertiary/aromatic N) is 5. The normalized spacial score (nSPS) is 10.7. The van der Waals surface area contributed by atoms with E-state index in [1.165, 1.54) is 11.8 Å². The molecule has 0 unspecified atom stereocenters. The van der Waals surface area contributed by atoms with Crippen LogP contribution >= 0.6 is 11.8 Å². The Labute approximate surface area is 133 Å². The summed E-state index contributed by atoms with van der Waals surface area (Å²) in [5.41, 5.74) is 1.84. The van der Waals surface area contributed by atoms with E-state index in [-0.39, 0.29) is 5.91 Å². The summed E-state index contributed by atoms with van der Waals surface area (Å²) in [7, 11) is 1.89. The summed E-state index contributed by atoms with van der Waals surface area (Å²) in [6, 6.07) is 1.97. The first-order valence-electron chi connectivity index (χ1n) is 7.01. The number of carbonyl (C=O) groups excluding carboxylic acids is 1. The predicted molar refractivity (Wildman–Crippen MR) is 86.6 cm³/mol. The van der Waals surface area contributed by atoms with E-state index < -0.39 is 0 Å². The predicted octanol–water partition coefficient (Wildman–Crippen LogP) is 1.40. The van der Waals surface area contributed by atoms with Crippen molar-refractivity contribution >= 4 is 17.7 Å². The molecule has 0 aromatic carbocycles. The third-order valence-corrected chi connectivity index (χ3v) is 4.12. The Morgan fingerprint density at radius 3 is 2.86 bits per heavy atom. The van der Waals surface area contributed by atoms with Crippen LogP contribution < -0.4 is 5.32 Å². The van der Waals surface area contributed by atoms with Gasteiger partial charge in [-0.3, -0.25) is 9.48 Å². The molecule has 2 rings (SSSR count). The second-order valence-corrected chi connectivity index (χ2v) is 5.67. The highest BCUT2D eigenvalue weighted by molar-refractivity contribution is 7.99. The number of aryl methyl sites for hydroxylation is 2. The maximum Gasteiger partial charge on any atom is 0.230 e. The minimum absolute atomic E-state index is 0.0502. The Morgan fingerprint density at radius 2 is 2.27 bits per heavy atom. The topological polar surface area (TPSA) is 77.6 Å². The van der Waals surface area contributed by atoms with E-state index in [1.807, 2.05) is 31.5 Å². The molecule has 1 amide bonds. The van der Waals surface area contributed by atoms with Crippen molar-refractivity contribution in [1.29, 1.82) is 0 Å². The molecular weight excluding hydrogens is 300 g/mol. The lowest BCUT2D eigenvalue weighted by Crippen LogP contribution is -2.25. The minimum Gasteiger partial charge on any atom is -0.352 e. The van der Waals surface area contributed by atoms with Crippen LogP contribution in [0.1, 0.15) is 12.6 Å². The summed E-state index contributed by atoms with van der Waals surface area (Å²) in [6.07, 6.45) is 1.65. The molecule has 1 N–H and O–H groups in total. The number of carbonyl (C=O) groups is 1. The van der Waals surface area contributed by atoms with Gasteiger partial charge in [-0.05, 0) is 19.9 Å². The highest BCUT2D eigenvalue weighted by Gasteiger charge is 2.16. The molecule has 7 nitrogen and oxygen atoms in total. The molecule has 118 valence electrons. The van der Waals surface area contributed by atoms with E-state index in [9.17, 15) is 4.79 Å². The first-order valence-corrected chi connectivity index (χ1v) is 8.00. The third-order valence-electron chi connectivity index (χ3n) is 3.15. The summed E-state index contributed by atoms with van der Waals surface area (Å²) in [6.45, 7) is 8.76. The van der Waals surface area contributed by atoms with Gasteiger partial charge in [-0.1, -0.05) is 17.8 Å². The van der Waals surface area contributed by atoms with Crippen LogP contribution in [0.15, 0.2) is 23.9 Å². The second-order valence-electron chi connectivity index (χ2n) is 4.73. The summed E-state index contributed by atoms with van der Waals surface area (Å²) in [4.78, 5) is 11.6. The molecular formula is C14H20N6OS. The monoisotopic (exact) mass is 320 g/mol. The molecule has 0 fully saturated rings. The van der Waals surface area contributed by atoms with Crippen LogP contribution in [0, 0.1) is 6.92 Å². The molecule has 0 aliphatic carbocycles. The first-order chi connectivity index (χ1) is 10.6. The molecule has 0 aliphatic rings. The van der Waals surface area contributed by atoms with Crippen LogP contribution in [0.3, 0.4) is 0 Å². The first kappa shape index (κ1) is 16.3. The SMILES string of the molecule is C=CCNC(=O)CSc1nnc(-c2cc(C)n(C)n2)n1CC. The van der Waals surface area contributed by atoms with Crippen molar-refractivity contribution in [3.8, 4) is 11.5 Å². The zero-order valence-electron chi connectivity index (χ0n) is 13.0. The molecule has 2 aromatic heterocycles. The Balaban J connectivity index is 2.14. The van der Waals surface area contributed by atoms with Gasteiger partial charge in [-0.25, -0.2) is 0 Å². The molecule has 2 heterocycles. The Kier molecular flexibility index (Phi) is 5.37. The van der Waals surface area contributed by atoms with E-state index in [4.69, 9.17) is 0 Å². The van der Waals surface area contributed by atoms with Crippen molar-refractivity contribution in [2.75, 3.05) is 12.3 Å². The molecule has 0 saturated heterocycles. The summed E-state index contributed by atoms with van der Waals surface area (Å²) < 4.78 is 3.77. The van der Waals surface area contributed by atoms with E-state index in [1.54, 1.807) is 10.8 Å². The van der Waals surface area contributed by atoms with Gasteiger partial charge in [0.05, 0.1) is 5.75 Å². The number of amides is 1. The maximum absolute atomic E-state index is 11.6. The number of aromatic nitrogens is 5. The number of hydrogen-bond acceptors (Lipinski definition) is 5. The molecule has 2 aromatic rings. The second kappa shape index (κ2) is 7.26. The molecule has 0 bridgehead atoms. The Hall–Kier alpha value is -2.09. The van der Waals surface area contributed by atoms with Crippen LogP contribution in [-0.4, -0.2) is 42.7 Å². The third kappa shape index (κ3) is 3.56. The van der Waals surface area contributed by atoms with E-state index in [0.717, 1.165) is 22.4 Å². The molecule has 0 radical (unpaired) electrons. The summed E-state index contributed by atoms with van der Waals surface area (Å²) in [5, 5.41) is 16.3. The largest absolute Gasteiger partial charge is 0.352 e. The average molecular weight is 320 g/mol. The number of thioether (sulfide) groups is 1. The minimum atomic E-state index is -0.0502. The van der Waals surface area contributed by atoms with Crippen molar-refractivity contribution in [3.63, 3.8) is 0 Å². The highest BCUT2D eigenvalue weighted by Crippen LogP contribution is 2.23. The van der Waals surface area contributed by atoms with E-state index in [0.29, 0.717) is 18.8 Å². The molecule has 0 aliphatic heterocycles. The lowest BCUT2D eigenvalue weighted by Gasteiger charge is -2.05. The van der Waals surface area contributed by atoms with Gasteiger partial charge in [-0.15, -0.1) is 16.8 Å². The van der Waals surface area contributed by atoms with Crippen LogP contribution in [0.2, 0.25) is 0 Å². The lowest BCUT2D eigenvalue weighted by atomic mass is 10.3. The van der Waals surface area contributed by atoms with Crippen molar-refractivity contribution in [1.82, 2.24) is 29.9 Å². The van der Waals surface area contributed by atoms with Gasteiger partial charge in [0.2, 0.25) is 5.91 Å².